The molecule has 4 heterocycles. The number of halogens is 1. The van der Waals surface area contributed by atoms with E-state index in [1.807, 2.05) is 12.3 Å². The standard InChI is InChI=1S/C26H31ClN8O5/c1-39-17-6-7-18(27)15(9-17)10-28-23-20-24(34(13-29-20)25-22(38)21(37)19(12-36)40-25)31-26(30-23)35-11-16(32-33-35)8-14-4-2-3-5-14/h6-7,9,11,13-14,19,21-22,25,36-38H,2-5,8,10,12H2,1H3,(H,28,30,31)/t19-,21-,22-,25-/m1/s1. The van der Waals surface area contributed by atoms with Crippen LogP contribution in [0.25, 0.3) is 17.1 Å². The Balaban J connectivity index is 1.37. The maximum absolute atomic E-state index is 10.7. The van der Waals surface area contributed by atoms with Gasteiger partial charge in [0, 0.05) is 11.6 Å². The summed E-state index contributed by atoms with van der Waals surface area (Å²) >= 11 is 6.43. The molecule has 1 aliphatic carbocycles. The van der Waals surface area contributed by atoms with Crippen LogP contribution in [-0.2, 0) is 17.7 Å². The van der Waals surface area contributed by atoms with E-state index < -0.39 is 31.1 Å². The van der Waals surface area contributed by atoms with Gasteiger partial charge in [-0.05, 0) is 36.1 Å². The molecule has 0 radical (unpaired) electrons. The summed E-state index contributed by atoms with van der Waals surface area (Å²) in [6.07, 6.45) is 4.48. The molecule has 0 bridgehead atoms. The van der Waals surface area contributed by atoms with Crippen molar-refractivity contribution < 1.29 is 24.8 Å². The van der Waals surface area contributed by atoms with Crippen LogP contribution in [0.4, 0.5) is 5.82 Å². The Hall–Kier alpha value is -3.36. The van der Waals surface area contributed by atoms with Gasteiger partial charge in [0.1, 0.15) is 24.1 Å². The Morgan fingerprint density at radius 1 is 1.18 bits per heavy atom. The van der Waals surface area contributed by atoms with Crippen LogP contribution in [0.15, 0.2) is 30.7 Å². The SMILES string of the molecule is COc1ccc(Cl)c(CNc2nc(-n3cc(CC4CCCC4)nn3)nc3c2ncn3[C@@H]2O[C@H](CO)[C@@H](O)[C@H]2O)c1. The fraction of sp³-hybridized carbons (Fsp3) is 0.500. The van der Waals surface area contributed by atoms with E-state index in [9.17, 15) is 15.3 Å². The molecule has 2 aliphatic rings. The van der Waals surface area contributed by atoms with Crippen LogP contribution in [0, 0.1) is 5.92 Å². The molecule has 4 aromatic rings. The third kappa shape index (κ3) is 5.10. The molecule has 1 saturated heterocycles. The third-order valence-corrected chi connectivity index (χ3v) is 7.99. The molecule has 1 saturated carbocycles. The largest absolute Gasteiger partial charge is 0.497 e. The van der Waals surface area contributed by atoms with Gasteiger partial charge in [-0.3, -0.25) is 4.57 Å². The average Bonchev–Trinajstić information content (AvgIpc) is 3.77. The molecule has 14 heteroatoms. The number of benzene rings is 1. The number of methoxy groups -OCH3 is 1. The fourth-order valence-corrected chi connectivity index (χ4v) is 5.60. The number of anilines is 1. The molecule has 0 amide bonds. The van der Waals surface area contributed by atoms with Crippen LogP contribution in [-0.4, -0.2) is 81.9 Å². The van der Waals surface area contributed by atoms with Crippen LogP contribution in [0.2, 0.25) is 5.02 Å². The van der Waals surface area contributed by atoms with Crippen molar-refractivity contribution in [3.8, 4) is 11.7 Å². The van der Waals surface area contributed by atoms with Crippen molar-refractivity contribution in [3.63, 3.8) is 0 Å². The zero-order valence-corrected chi connectivity index (χ0v) is 22.6. The summed E-state index contributed by atoms with van der Waals surface area (Å²) in [7, 11) is 1.59. The van der Waals surface area contributed by atoms with Gasteiger partial charge in [-0.1, -0.05) is 42.5 Å². The highest BCUT2D eigenvalue weighted by molar-refractivity contribution is 6.31. The Kier molecular flexibility index (Phi) is 7.55. The minimum Gasteiger partial charge on any atom is -0.497 e. The molecular formula is C26H31ClN8O5. The minimum atomic E-state index is -1.30. The molecule has 0 spiro atoms. The van der Waals surface area contributed by atoms with Crippen LogP contribution >= 0.6 is 11.6 Å². The first kappa shape index (κ1) is 26.8. The number of nitrogens with one attached hydrogen (secondary N) is 1. The second-order valence-corrected chi connectivity index (χ2v) is 10.7. The van der Waals surface area contributed by atoms with Crippen LogP contribution in [0.3, 0.4) is 0 Å². The molecule has 0 unspecified atom stereocenters. The van der Waals surface area contributed by atoms with Crippen LogP contribution < -0.4 is 10.1 Å². The van der Waals surface area contributed by atoms with Crippen LogP contribution in [0.5, 0.6) is 5.75 Å². The lowest BCUT2D eigenvalue weighted by Crippen LogP contribution is -2.33. The fourth-order valence-electron chi connectivity index (χ4n) is 5.42. The number of nitrogens with zero attached hydrogens (tertiary/aromatic N) is 7. The summed E-state index contributed by atoms with van der Waals surface area (Å²) in [5, 5.41) is 43.1. The van der Waals surface area contributed by atoms with Gasteiger partial charge in [-0.15, -0.1) is 5.10 Å². The molecule has 212 valence electrons. The van der Waals surface area contributed by atoms with E-state index in [0.717, 1.165) is 17.7 Å². The van der Waals surface area contributed by atoms with Crippen molar-refractivity contribution in [1.29, 1.82) is 0 Å². The molecule has 13 nitrogen and oxygen atoms in total. The smallest absolute Gasteiger partial charge is 0.256 e. The lowest BCUT2D eigenvalue weighted by molar-refractivity contribution is -0.0511. The normalized spacial score (nSPS) is 23.3. The maximum atomic E-state index is 10.7. The second kappa shape index (κ2) is 11.3. The first-order valence-corrected chi connectivity index (χ1v) is 13.7. The summed E-state index contributed by atoms with van der Waals surface area (Å²) < 4.78 is 14.1. The third-order valence-electron chi connectivity index (χ3n) is 7.62. The first-order chi connectivity index (χ1) is 19.4. The van der Waals surface area contributed by atoms with E-state index in [2.05, 4.69) is 20.6 Å². The average molecular weight is 571 g/mol. The lowest BCUT2D eigenvalue weighted by Gasteiger charge is -2.17. The molecule has 2 fully saturated rings. The summed E-state index contributed by atoms with van der Waals surface area (Å²) in [5.74, 6) is 1.91. The Labute approximate surface area is 234 Å². The number of fused-ring (bicyclic) bond motifs is 1. The zero-order chi connectivity index (χ0) is 27.8. The van der Waals surface area contributed by atoms with Crippen LogP contribution in [0.1, 0.15) is 43.2 Å². The Bertz CT molecular complexity index is 1490. The van der Waals surface area contributed by atoms with Crippen molar-refractivity contribution in [2.75, 3.05) is 19.0 Å². The number of aliphatic hydroxyl groups is 3. The van der Waals surface area contributed by atoms with Gasteiger partial charge in [0.2, 0.25) is 0 Å². The van der Waals surface area contributed by atoms with Crippen molar-refractivity contribution in [1.82, 2.24) is 34.5 Å². The number of hydrogen-bond acceptors (Lipinski definition) is 11. The zero-order valence-electron chi connectivity index (χ0n) is 21.9. The van der Waals surface area contributed by atoms with E-state index in [1.165, 1.54) is 41.3 Å². The number of rotatable bonds is 9. The van der Waals surface area contributed by atoms with E-state index >= 15 is 0 Å². The summed E-state index contributed by atoms with van der Waals surface area (Å²) in [4.78, 5) is 13.9. The number of aromatic nitrogens is 7. The molecule has 40 heavy (non-hydrogen) atoms. The number of hydrogen-bond donors (Lipinski definition) is 4. The molecule has 1 aromatic carbocycles. The lowest BCUT2D eigenvalue weighted by atomic mass is 10.0. The van der Waals surface area contributed by atoms with Gasteiger partial charge in [0.25, 0.3) is 5.95 Å². The van der Waals surface area contributed by atoms with Crippen molar-refractivity contribution >= 4 is 28.6 Å². The van der Waals surface area contributed by atoms with E-state index in [0.29, 0.717) is 40.2 Å². The van der Waals surface area contributed by atoms with Crippen molar-refractivity contribution in [3.05, 3.63) is 47.0 Å². The summed E-state index contributed by atoms with van der Waals surface area (Å²) in [6, 6.07) is 5.37. The van der Waals surface area contributed by atoms with Crippen molar-refractivity contribution in [2.24, 2.45) is 5.92 Å². The maximum Gasteiger partial charge on any atom is 0.256 e. The Morgan fingerprint density at radius 3 is 2.75 bits per heavy atom. The summed E-state index contributed by atoms with van der Waals surface area (Å²) in [5.41, 5.74) is 2.40. The van der Waals surface area contributed by atoms with Gasteiger partial charge >= 0.3 is 0 Å². The molecule has 1 aliphatic heterocycles. The molecule has 3 aromatic heterocycles. The number of imidazole rings is 1. The molecule has 4 atom stereocenters. The summed E-state index contributed by atoms with van der Waals surface area (Å²) in [6.45, 7) is -0.134. The van der Waals surface area contributed by atoms with Gasteiger partial charge in [0.05, 0.1) is 31.9 Å². The highest BCUT2D eigenvalue weighted by atomic mass is 35.5. The van der Waals surface area contributed by atoms with Crippen molar-refractivity contribution in [2.45, 2.75) is 63.2 Å². The highest BCUT2D eigenvalue weighted by Gasteiger charge is 2.44. The topological polar surface area (TPSA) is 165 Å². The quantitative estimate of drug-likeness (QED) is 0.232. The van der Waals surface area contributed by atoms with Gasteiger partial charge in [0.15, 0.2) is 23.2 Å². The predicted molar refractivity (Wildman–Crippen MR) is 144 cm³/mol. The van der Waals surface area contributed by atoms with E-state index in [-0.39, 0.29) is 5.95 Å². The van der Waals surface area contributed by atoms with Gasteiger partial charge in [-0.25, -0.2) is 4.98 Å². The monoisotopic (exact) mass is 570 g/mol. The molecular weight excluding hydrogens is 540 g/mol. The number of ether oxygens (including phenoxy) is 2. The highest BCUT2D eigenvalue weighted by Crippen LogP contribution is 2.33. The predicted octanol–water partition coefficient (Wildman–Crippen LogP) is 2.03. The van der Waals surface area contributed by atoms with Gasteiger partial charge in [-0.2, -0.15) is 14.6 Å². The Morgan fingerprint density at radius 2 is 2.00 bits per heavy atom. The van der Waals surface area contributed by atoms with E-state index in [1.54, 1.807) is 19.2 Å². The second-order valence-electron chi connectivity index (χ2n) is 10.2. The minimum absolute atomic E-state index is 0.241. The number of aliphatic hydroxyl groups excluding tert-OH is 3. The first-order valence-electron chi connectivity index (χ1n) is 13.3. The molecule has 4 N–H and O–H groups in total. The van der Waals surface area contributed by atoms with E-state index in [4.69, 9.17) is 31.0 Å². The van der Waals surface area contributed by atoms with Gasteiger partial charge < -0.3 is 30.1 Å². The molecule has 6 rings (SSSR count).